The van der Waals surface area contributed by atoms with Crippen molar-refractivity contribution in [1.29, 1.82) is 0 Å². The summed E-state index contributed by atoms with van der Waals surface area (Å²) < 4.78 is 0. The van der Waals surface area contributed by atoms with Crippen LogP contribution in [0.15, 0.2) is 120 Å². The molecular formula is C26H23N3. The van der Waals surface area contributed by atoms with Crippen molar-refractivity contribution in [3.05, 3.63) is 121 Å². The normalized spacial score (nSPS) is 11.9. The van der Waals surface area contributed by atoms with Crippen molar-refractivity contribution in [2.45, 2.75) is 6.04 Å². The third kappa shape index (κ3) is 5.11. The molecule has 142 valence electrons. The van der Waals surface area contributed by atoms with E-state index in [1.165, 1.54) is 0 Å². The predicted octanol–water partition coefficient (Wildman–Crippen LogP) is 6.99. The van der Waals surface area contributed by atoms with E-state index >= 15 is 0 Å². The Labute approximate surface area is 171 Å². The van der Waals surface area contributed by atoms with E-state index in [2.05, 4.69) is 53.1 Å². The van der Waals surface area contributed by atoms with Crippen LogP contribution < -0.4 is 10.6 Å². The van der Waals surface area contributed by atoms with Gasteiger partial charge in [0, 0.05) is 28.8 Å². The number of hydrogen-bond donors (Lipinski definition) is 2. The maximum Gasteiger partial charge on any atom is 0.0890 e. The Morgan fingerprint density at radius 1 is 0.586 bits per heavy atom. The minimum atomic E-state index is -0.0926. The Bertz CT molecular complexity index is 1040. The fraction of sp³-hybridized carbons (Fsp3) is 0.0385. The summed E-state index contributed by atoms with van der Waals surface area (Å²) in [5.74, 6) is 0. The molecule has 0 fully saturated rings. The summed E-state index contributed by atoms with van der Waals surface area (Å²) >= 11 is 0. The van der Waals surface area contributed by atoms with Gasteiger partial charge in [0.05, 0.1) is 11.7 Å². The first-order chi connectivity index (χ1) is 14.4. The Morgan fingerprint density at radius 2 is 1.14 bits per heavy atom. The lowest BCUT2D eigenvalue weighted by Gasteiger charge is -2.20. The largest absolute Gasteiger partial charge is 0.373 e. The molecule has 0 aliphatic heterocycles. The molecule has 4 rings (SSSR count). The highest BCUT2D eigenvalue weighted by molar-refractivity contribution is 5.79. The molecule has 0 spiro atoms. The first kappa shape index (κ1) is 18.5. The second-order valence-corrected chi connectivity index (χ2v) is 6.68. The van der Waals surface area contributed by atoms with Gasteiger partial charge in [-0.05, 0) is 42.5 Å². The third-order valence-electron chi connectivity index (χ3n) is 4.57. The second kappa shape index (κ2) is 9.38. The lowest BCUT2D eigenvalue weighted by Crippen LogP contribution is -2.14. The predicted molar refractivity (Wildman–Crippen MR) is 124 cm³/mol. The van der Waals surface area contributed by atoms with Crippen LogP contribution in [-0.2, 0) is 0 Å². The van der Waals surface area contributed by atoms with Crippen LogP contribution >= 0.6 is 0 Å². The highest BCUT2D eigenvalue weighted by atomic mass is 15.0. The van der Waals surface area contributed by atoms with E-state index in [1.807, 2.05) is 79.0 Å². The van der Waals surface area contributed by atoms with E-state index < -0.39 is 0 Å². The molecule has 0 aliphatic carbocycles. The van der Waals surface area contributed by atoms with Gasteiger partial charge in [-0.15, -0.1) is 0 Å². The van der Waals surface area contributed by atoms with Gasteiger partial charge in [0.25, 0.3) is 0 Å². The smallest absolute Gasteiger partial charge is 0.0890 e. The number of rotatable bonds is 7. The van der Waals surface area contributed by atoms with Gasteiger partial charge in [-0.1, -0.05) is 72.8 Å². The molecule has 0 radical (unpaired) electrons. The fourth-order valence-electron chi connectivity index (χ4n) is 3.14. The van der Waals surface area contributed by atoms with E-state index in [0.29, 0.717) is 0 Å². The molecule has 0 heterocycles. The van der Waals surface area contributed by atoms with Crippen molar-refractivity contribution in [1.82, 2.24) is 0 Å². The molecule has 3 heteroatoms. The number of nitrogens with one attached hydrogen (secondary N) is 2. The van der Waals surface area contributed by atoms with Crippen LogP contribution in [0, 0.1) is 0 Å². The molecule has 4 aromatic rings. The molecule has 1 atom stereocenters. The SMILES string of the molecule is C(=Nc1ccccc1)C(Nc1ccccc1)c1ccccc1Nc1ccccc1. The number of anilines is 3. The molecule has 0 amide bonds. The molecule has 1 unspecified atom stereocenters. The maximum absolute atomic E-state index is 4.71. The monoisotopic (exact) mass is 377 g/mol. The van der Waals surface area contributed by atoms with E-state index in [9.17, 15) is 0 Å². The summed E-state index contributed by atoms with van der Waals surface area (Å²) in [6.07, 6.45) is 1.97. The zero-order valence-corrected chi connectivity index (χ0v) is 16.1. The Morgan fingerprint density at radius 3 is 1.83 bits per heavy atom. The first-order valence-electron chi connectivity index (χ1n) is 9.70. The minimum absolute atomic E-state index is 0.0926. The zero-order chi connectivity index (χ0) is 19.7. The van der Waals surface area contributed by atoms with Crippen LogP contribution in [0.2, 0.25) is 0 Å². The van der Waals surface area contributed by atoms with Crippen molar-refractivity contribution in [3.63, 3.8) is 0 Å². The minimum Gasteiger partial charge on any atom is -0.373 e. The molecule has 2 N–H and O–H groups in total. The van der Waals surface area contributed by atoms with Gasteiger partial charge in [-0.25, -0.2) is 0 Å². The van der Waals surface area contributed by atoms with Crippen molar-refractivity contribution >= 4 is 29.0 Å². The molecule has 3 nitrogen and oxygen atoms in total. The molecule has 0 aliphatic rings. The molecule has 0 bridgehead atoms. The summed E-state index contributed by atoms with van der Waals surface area (Å²) in [5, 5.41) is 7.14. The Balaban J connectivity index is 1.68. The van der Waals surface area contributed by atoms with Gasteiger partial charge in [0.1, 0.15) is 0 Å². The number of benzene rings is 4. The van der Waals surface area contributed by atoms with E-state index in [0.717, 1.165) is 28.3 Å². The van der Waals surface area contributed by atoms with Crippen LogP contribution in [0.5, 0.6) is 0 Å². The highest BCUT2D eigenvalue weighted by Crippen LogP contribution is 2.28. The average molecular weight is 377 g/mol. The van der Waals surface area contributed by atoms with Crippen LogP contribution in [0.1, 0.15) is 11.6 Å². The summed E-state index contributed by atoms with van der Waals surface area (Å²) in [4.78, 5) is 4.71. The van der Waals surface area contributed by atoms with E-state index in [4.69, 9.17) is 4.99 Å². The molecule has 0 aromatic heterocycles. The summed E-state index contributed by atoms with van der Waals surface area (Å²) in [6.45, 7) is 0. The lowest BCUT2D eigenvalue weighted by molar-refractivity contribution is 1.06. The van der Waals surface area contributed by atoms with E-state index in [-0.39, 0.29) is 6.04 Å². The van der Waals surface area contributed by atoms with Crippen LogP contribution in [-0.4, -0.2) is 6.21 Å². The Hall–Kier alpha value is -3.85. The number of para-hydroxylation sites is 4. The van der Waals surface area contributed by atoms with Gasteiger partial charge in [0.15, 0.2) is 0 Å². The Kier molecular flexibility index (Phi) is 5.99. The summed E-state index contributed by atoms with van der Waals surface area (Å²) in [5.41, 5.74) is 5.21. The van der Waals surface area contributed by atoms with Crippen molar-refractivity contribution in [3.8, 4) is 0 Å². The van der Waals surface area contributed by atoms with Crippen LogP contribution in [0.4, 0.5) is 22.7 Å². The molecular weight excluding hydrogens is 354 g/mol. The highest BCUT2D eigenvalue weighted by Gasteiger charge is 2.13. The van der Waals surface area contributed by atoms with E-state index in [1.54, 1.807) is 0 Å². The maximum atomic E-state index is 4.71. The van der Waals surface area contributed by atoms with Gasteiger partial charge in [0.2, 0.25) is 0 Å². The van der Waals surface area contributed by atoms with Crippen LogP contribution in [0.25, 0.3) is 0 Å². The molecule has 0 saturated heterocycles. The second-order valence-electron chi connectivity index (χ2n) is 6.68. The van der Waals surface area contributed by atoms with Gasteiger partial charge in [-0.3, -0.25) is 4.99 Å². The summed E-state index contributed by atoms with van der Waals surface area (Å²) in [7, 11) is 0. The van der Waals surface area contributed by atoms with Crippen LogP contribution in [0.3, 0.4) is 0 Å². The van der Waals surface area contributed by atoms with Crippen molar-refractivity contribution in [2.24, 2.45) is 4.99 Å². The fourth-order valence-corrected chi connectivity index (χ4v) is 3.14. The quantitative estimate of drug-likeness (QED) is 0.341. The average Bonchev–Trinajstić information content (AvgIpc) is 2.79. The van der Waals surface area contributed by atoms with Gasteiger partial charge >= 0.3 is 0 Å². The van der Waals surface area contributed by atoms with Gasteiger partial charge in [-0.2, -0.15) is 0 Å². The zero-order valence-electron chi connectivity index (χ0n) is 16.1. The lowest BCUT2D eigenvalue weighted by atomic mass is 10.0. The first-order valence-corrected chi connectivity index (χ1v) is 9.70. The molecule has 0 saturated carbocycles. The standard InChI is InChI=1S/C26H23N3/c1-4-12-21(13-5-1)27-20-26(29-23-16-8-3-9-17-23)24-18-10-11-19-25(24)28-22-14-6-2-7-15-22/h1-20,26,28-29H. The van der Waals surface area contributed by atoms with Crippen molar-refractivity contribution in [2.75, 3.05) is 10.6 Å². The van der Waals surface area contributed by atoms with Crippen molar-refractivity contribution < 1.29 is 0 Å². The number of aliphatic imine (C=N–C) groups is 1. The molecule has 4 aromatic carbocycles. The number of nitrogens with zero attached hydrogens (tertiary/aromatic N) is 1. The van der Waals surface area contributed by atoms with Gasteiger partial charge < -0.3 is 10.6 Å². The summed E-state index contributed by atoms with van der Waals surface area (Å²) in [6, 6.07) is 38.6. The topological polar surface area (TPSA) is 36.4 Å². The number of hydrogen-bond acceptors (Lipinski definition) is 3. The third-order valence-corrected chi connectivity index (χ3v) is 4.57. The molecule has 29 heavy (non-hydrogen) atoms.